The molecule has 2 aromatic rings. The summed E-state index contributed by atoms with van der Waals surface area (Å²) in [6.45, 7) is 1.50. The van der Waals surface area contributed by atoms with Crippen LogP contribution in [0, 0.1) is 6.92 Å². The number of aryl methyl sites for hydroxylation is 3. The zero-order valence-electron chi connectivity index (χ0n) is 16.7. The predicted octanol–water partition coefficient (Wildman–Crippen LogP) is 3.59. The first-order valence-corrected chi connectivity index (χ1v) is 8.98. The van der Waals surface area contributed by atoms with Crippen molar-refractivity contribution in [1.82, 2.24) is 20.4 Å². The van der Waals surface area contributed by atoms with Crippen molar-refractivity contribution in [2.45, 2.75) is 32.5 Å². The first-order chi connectivity index (χ1) is 13.3. The average molecular weight is 525 g/mol. The van der Waals surface area contributed by atoms with Crippen LogP contribution in [0.1, 0.15) is 23.1 Å². The van der Waals surface area contributed by atoms with E-state index in [0.29, 0.717) is 24.6 Å². The summed E-state index contributed by atoms with van der Waals surface area (Å²) < 4.78 is 44.1. The Morgan fingerprint density at radius 2 is 2.03 bits per heavy atom. The van der Waals surface area contributed by atoms with E-state index in [9.17, 15) is 13.2 Å². The maximum Gasteiger partial charge on any atom is 0.422 e. The monoisotopic (exact) mass is 525 g/mol. The minimum Gasteiger partial charge on any atom is -0.484 e. The molecule has 2 N–H and O–H groups in total. The van der Waals surface area contributed by atoms with Crippen LogP contribution >= 0.6 is 24.0 Å². The highest BCUT2D eigenvalue weighted by Gasteiger charge is 2.28. The molecule has 0 aliphatic heterocycles. The molecule has 0 aliphatic carbocycles. The summed E-state index contributed by atoms with van der Waals surface area (Å²) in [5.41, 5.74) is 2.63. The van der Waals surface area contributed by atoms with Crippen LogP contribution in [0.5, 0.6) is 5.75 Å². The molecule has 0 saturated heterocycles. The second-order valence-corrected chi connectivity index (χ2v) is 6.49. The topological polar surface area (TPSA) is 63.5 Å². The van der Waals surface area contributed by atoms with Crippen LogP contribution in [0.2, 0.25) is 0 Å². The van der Waals surface area contributed by atoms with Gasteiger partial charge in [-0.05, 0) is 37.0 Å². The van der Waals surface area contributed by atoms with Gasteiger partial charge in [-0.3, -0.25) is 9.67 Å². The van der Waals surface area contributed by atoms with Gasteiger partial charge >= 0.3 is 6.18 Å². The highest BCUT2D eigenvalue weighted by atomic mass is 127. The van der Waals surface area contributed by atoms with E-state index < -0.39 is 12.8 Å². The molecular formula is C19H27F3IN5O. The maximum absolute atomic E-state index is 12.5. The number of hydrogen-bond donors (Lipinski definition) is 2. The molecule has 2 rings (SSSR count). The third-order valence-corrected chi connectivity index (χ3v) is 3.98. The van der Waals surface area contributed by atoms with Gasteiger partial charge in [0.2, 0.25) is 0 Å². The summed E-state index contributed by atoms with van der Waals surface area (Å²) in [5, 5.41) is 10.4. The molecule has 0 aliphatic rings. The molecule has 0 spiro atoms. The van der Waals surface area contributed by atoms with Crippen molar-refractivity contribution in [3.8, 4) is 5.75 Å². The Morgan fingerprint density at radius 3 is 2.66 bits per heavy atom. The van der Waals surface area contributed by atoms with Crippen LogP contribution in [-0.2, 0) is 20.0 Å². The lowest BCUT2D eigenvalue weighted by atomic mass is 10.1. The van der Waals surface area contributed by atoms with E-state index in [1.165, 1.54) is 5.56 Å². The Labute approximate surface area is 185 Å². The SMILES string of the molecule is CN=C(NCCCc1cnn(C)c1)NCc1ccc(C)cc1OCC(F)(F)F.I. The molecule has 6 nitrogen and oxygen atoms in total. The molecule has 29 heavy (non-hydrogen) atoms. The summed E-state index contributed by atoms with van der Waals surface area (Å²) in [7, 11) is 3.53. The molecule has 0 atom stereocenters. The van der Waals surface area contributed by atoms with Crippen molar-refractivity contribution in [3.63, 3.8) is 0 Å². The van der Waals surface area contributed by atoms with Crippen LogP contribution in [0.3, 0.4) is 0 Å². The fraction of sp³-hybridized carbons (Fsp3) is 0.474. The van der Waals surface area contributed by atoms with Gasteiger partial charge in [0.15, 0.2) is 12.6 Å². The minimum atomic E-state index is -4.37. The molecule has 162 valence electrons. The Morgan fingerprint density at radius 1 is 1.28 bits per heavy atom. The summed E-state index contributed by atoms with van der Waals surface area (Å²) in [5.74, 6) is 0.797. The van der Waals surface area contributed by atoms with Gasteiger partial charge in [0, 0.05) is 38.9 Å². The van der Waals surface area contributed by atoms with E-state index in [1.807, 2.05) is 25.5 Å². The molecule has 0 unspecified atom stereocenters. The standard InChI is InChI=1S/C19H26F3N5O.HI/c1-14-6-7-16(17(9-14)28-13-19(20,21)22)11-25-18(23-2)24-8-4-5-15-10-26-27(3)12-15;/h6-7,9-10,12H,4-5,8,11,13H2,1-3H3,(H2,23,24,25);1H. The first-order valence-electron chi connectivity index (χ1n) is 8.98. The fourth-order valence-corrected chi connectivity index (χ4v) is 2.60. The zero-order chi connectivity index (χ0) is 20.6. The average Bonchev–Trinajstić information content (AvgIpc) is 3.05. The van der Waals surface area contributed by atoms with E-state index in [1.54, 1.807) is 30.8 Å². The van der Waals surface area contributed by atoms with Crippen molar-refractivity contribution in [1.29, 1.82) is 0 Å². The number of ether oxygens (including phenoxy) is 1. The van der Waals surface area contributed by atoms with Crippen LogP contribution in [0.25, 0.3) is 0 Å². The van der Waals surface area contributed by atoms with Crippen molar-refractivity contribution < 1.29 is 17.9 Å². The minimum absolute atomic E-state index is 0. The number of aliphatic imine (C=N–C) groups is 1. The van der Waals surface area contributed by atoms with E-state index in [-0.39, 0.29) is 29.7 Å². The highest BCUT2D eigenvalue weighted by Crippen LogP contribution is 2.23. The molecule has 0 amide bonds. The van der Waals surface area contributed by atoms with Crippen LogP contribution in [-0.4, -0.2) is 42.1 Å². The molecule has 1 aromatic heterocycles. The number of benzene rings is 1. The summed E-state index contributed by atoms with van der Waals surface area (Å²) >= 11 is 0. The van der Waals surface area contributed by atoms with Crippen molar-refractivity contribution in [2.75, 3.05) is 20.2 Å². The molecular weight excluding hydrogens is 498 g/mol. The number of halogens is 4. The van der Waals surface area contributed by atoms with Crippen LogP contribution in [0.15, 0.2) is 35.6 Å². The number of nitrogens with zero attached hydrogens (tertiary/aromatic N) is 3. The molecule has 10 heteroatoms. The summed E-state index contributed by atoms with van der Waals surface area (Å²) in [6.07, 6.45) is 1.24. The summed E-state index contributed by atoms with van der Waals surface area (Å²) in [6, 6.07) is 5.19. The lowest BCUT2D eigenvalue weighted by molar-refractivity contribution is -0.153. The van der Waals surface area contributed by atoms with Gasteiger partial charge in [0.1, 0.15) is 5.75 Å². The molecule has 0 radical (unpaired) electrons. The molecule has 0 saturated carbocycles. The molecule has 0 bridgehead atoms. The number of guanidine groups is 1. The fourth-order valence-electron chi connectivity index (χ4n) is 2.60. The molecule has 1 aromatic carbocycles. The first kappa shape index (κ1) is 25.1. The Bertz CT molecular complexity index is 792. The van der Waals surface area contributed by atoms with Gasteiger partial charge < -0.3 is 15.4 Å². The maximum atomic E-state index is 12.5. The Balaban J connectivity index is 0.00000420. The molecule has 1 heterocycles. The van der Waals surface area contributed by atoms with Crippen molar-refractivity contribution in [2.24, 2.45) is 12.0 Å². The normalized spacial score (nSPS) is 11.7. The number of alkyl halides is 3. The van der Waals surface area contributed by atoms with E-state index >= 15 is 0 Å². The van der Waals surface area contributed by atoms with Gasteiger partial charge in [0.05, 0.1) is 6.20 Å². The second-order valence-electron chi connectivity index (χ2n) is 6.49. The van der Waals surface area contributed by atoms with E-state index in [4.69, 9.17) is 4.74 Å². The third kappa shape index (κ3) is 9.37. The van der Waals surface area contributed by atoms with Gasteiger partial charge in [-0.15, -0.1) is 24.0 Å². The lowest BCUT2D eigenvalue weighted by Gasteiger charge is -2.16. The van der Waals surface area contributed by atoms with Crippen molar-refractivity contribution >= 4 is 29.9 Å². The third-order valence-electron chi connectivity index (χ3n) is 3.98. The van der Waals surface area contributed by atoms with E-state index in [0.717, 1.165) is 18.4 Å². The number of hydrogen-bond acceptors (Lipinski definition) is 3. The predicted molar refractivity (Wildman–Crippen MR) is 118 cm³/mol. The van der Waals surface area contributed by atoms with Crippen molar-refractivity contribution in [3.05, 3.63) is 47.3 Å². The quantitative estimate of drug-likeness (QED) is 0.240. The highest BCUT2D eigenvalue weighted by molar-refractivity contribution is 14.0. The number of aromatic nitrogens is 2. The lowest BCUT2D eigenvalue weighted by Crippen LogP contribution is -2.37. The van der Waals surface area contributed by atoms with Gasteiger partial charge in [-0.25, -0.2) is 0 Å². The van der Waals surface area contributed by atoms with Gasteiger partial charge in [-0.1, -0.05) is 12.1 Å². The Hall–Kier alpha value is -1.98. The largest absolute Gasteiger partial charge is 0.484 e. The Kier molecular flexibility index (Phi) is 10.3. The van der Waals surface area contributed by atoms with Crippen LogP contribution in [0.4, 0.5) is 13.2 Å². The van der Waals surface area contributed by atoms with Gasteiger partial charge in [-0.2, -0.15) is 18.3 Å². The van der Waals surface area contributed by atoms with Crippen LogP contribution < -0.4 is 15.4 Å². The number of rotatable bonds is 8. The summed E-state index contributed by atoms with van der Waals surface area (Å²) in [4.78, 5) is 4.14. The number of nitrogens with one attached hydrogen (secondary N) is 2. The van der Waals surface area contributed by atoms with E-state index in [2.05, 4.69) is 20.7 Å². The smallest absolute Gasteiger partial charge is 0.422 e. The van der Waals surface area contributed by atoms with Gasteiger partial charge in [0.25, 0.3) is 0 Å². The zero-order valence-corrected chi connectivity index (χ0v) is 19.0. The molecule has 0 fully saturated rings. The second kappa shape index (κ2) is 11.9.